The molecule has 0 saturated carbocycles. The fraction of sp³-hybridized carbons (Fsp3) is 0.615. The first-order valence-corrected chi connectivity index (χ1v) is 7.35. The minimum Gasteiger partial charge on any atom is -0.349 e. The lowest BCUT2D eigenvalue weighted by atomic mass is 10.1. The lowest BCUT2D eigenvalue weighted by Crippen LogP contribution is -2.21. The SMILES string of the molecule is CCN(CC)c1ncc(C=C(CC(C)C)[N+](=O)[O-])s1. The highest BCUT2D eigenvalue weighted by Gasteiger charge is 2.14. The maximum Gasteiger partial charge on any atom is 0.247 e. The number of thiazole rings is 1. The maximum absolute atomic E-state index is 11.0. The molecule has 1 heterocycles. The Labute approximate surface area is 118 Å². The van der Waals surface area contributed by atoms with Crippen molar-refractivity contribution in [2.45, 2.75) is 34.1 Å². The number of rotatable bonds is 7. The molecular weight excluding hydrogens is 262 g/mol. The molecule has 0 fully saturated rings. The Morgan fingerprint density at radius 3 is 2.63 bits per heavy atom. The molecule has 0 N–H and O–H groups in total. The van der Waals surface area contributed by atoms with Crippen molar-refractivity contribution in [3.63, 3.8) is 0 Å². The molecule has 19 heavy (non-hydrogen) atoms. The van der Waals surface area contributed by atoms with Gasteiger partial charge in [0.05, 0.1) is 9.80 Å². The normalized spacial score (nSPS) is 11.9. The molecule has 6 heteroatoms. The van der Waals surface area contributed by atoms with Crippen molar-refractivity contribution in [2.75, 3.05) is 18.0 Å². The van der Waals surface area contributed by atoms with Gasteiger partial charge in [0.2, 0.25) is 5.70 Å². The van der Waals surface area contributed by atoms with Gasteiger partial charge in [0.15, 0.2) is 5.13 Å². The molecule has 0 saturated heterocycles. The van der Waals surface area contributed by atoms with Crippen LogP contribution in [0.25, 0.3) is 6.08 Å². The van der Waals surface area contributed by atoms with Crippen molar-refractivity contribution in [1.29, 1.82) is 0 Å². The van der Waals surface area contributed by atoms with Crippen LogP contribution in [0.1, 0.15) is 39.0 Å². The molecule has 106 valence electrons. The van der Waals surface area contributed by atoms with Gasteiger partial charge >= 0.3 is 0 Å². The van der Waals surface area contributed by atoms with Crippen LogP contribution in [0.3, 0.4) is 0 Å². The van der Waals surface area contributed by atoms with Gasteiger partial charge in [-0.1, -0.05) is 25.2 Å². The third-order valence-electron chi connectivity index (χ3n) is 2.71. The van der Waals surface area contributed by atoms with E-state index in [1.807, 2.05) is 13.8 Å². The quantitative estimate of drug-likeness (QED) is 0.566. The lowest BCUT2D eigenvalue weighted by Gasteiger charge is -2.16. The molecule has 0 radical (unpaired) electrons. The van der Waals surface area contributed by atoms with Gasteiger partial charge in [0, 0.05) is 31.8 Å². The molecule has 0 atom stereocenters. The highest BCUT2D eigenvalue weighted by molar-refractivity contribution is 7.16. The Bertz CT molecular complexity index is 450. The van der Waals surface area contributed by atoms with E-state index in [0.29, 0.717) is 6.42 Å². The van der Waals surface area contributed by atoms with Gasteiger partial charge in [-0.25, -0.2) is 4.98 Å². The summed E-state index contributed by atoms with van der Waals surface area (Å²) in [5.74, 6) is 0.270. The molecule has 0 bridgehead atoms. The number of nitro groups is 1. The van der Waals surface area contributed by atoms with Crippen LogP contribution in [0.15, 0.2) is 11.9 Å². The summed E-state index contributed by atoms with van der Waals surface area (Å²) in [6.07, 6.45) is 3.83. The van der Waals surface area contributed by atoms with Gasteiger partial charge in [-0.3, -0.25) is 10.1 Å². The van der Waals surface area contributed by atoms with Crippen LogP contribution in [-0.2, 0) is 0 Å². The fourth-order valence-corrected chi connectivity index (χ4v) is 2.76. The van der Waals surface area contributed by atoms with Crippen LogP contribution < -0.4 is 4.90 Å². The molecule has 0 unspecified atom stereocenters. The van der Waals surface area contributed by atoms with Gasteiger partial charge in [0.1, 0.15) is 0 Å². The summed E-state index contributed by atoms with van der Waals surface area (Å²) in [4.78, 5) is 18.0. The topological polar surface area (TPSA) is 59.3 Å². The molecular formula is C13H21N3O2S. The average Bonchev–Trinajstić information content (AvgIpc) is 2.78. The van der Waals surface area contributed by atoms with E-state index in [0.717, 1.165) is 23.1 Å². The molecule has 0 aliphatic carbocycles. The molecule has 0 aliphatic heterocycles. The second-order valence-corrected chi connectivity index (χ2v) is 5.75. The number of allylic oxidation sites excluding steroid dienone is 1. The van der Waals surface area contributed by atoms with E-state index in [2.05, 4.69) is 23.7 Å². The van der Waals surface area contributed by atoms with Crippen LogP contribution >= 0.6 is 11.3 Å². The number of aromatic nitrogens is 1. The summed E-state index contributed by atoms with van der Waals surface area (Å²) < 4.78 is 0. The summed E-state index contributed by atoms with van der Waals surface area (Å²) in [6.45, 7) is 9.88. The summed E-state index contributed by atoms with van der Waals surface area (Å²) in [7, 11) is 0. The van der Waals surface area contributed by atoms with Crippen molar-refractivity contribution in [3.8, 4) is 0 Å². The van der Waals surface area contributed by atoms with Crippen molar-refractivity contribution in [2.24, 2.45) is 5.92 Å². The standard InChI is InChI=1S/C13H21N3O2S/c1-5-15(6-2)13-14-9-12(19-13)8-11(16(17)18)7-10(3)4/h8-10H,5-7H2,1-4H3. The monoisotopic (exact) mass is 283 g/mol. The van der Waals surface area contributed by atoms with E-state index in [1.165, 1.54) is 11.3 Å². The molecule has 1 aromatic rings. The van der Waals surface area contributed by atoms with Crippen molar-refractivity contribution < 1.29 is 4.92 Å². The maximum atomic E-state index is 11.0. The Morgan fingerprint density at radius 2 is 2.16 bits per heavy atom. The van der Waals surface area contributed by atoms with Gasteiger partial charge in [-0.05, 0) is 19.8 Å². The predicted molar refractivity (Wildman–Crippen MR) is 80.1 cm³/mol. The molecule has 0 aliphatic rings. The Kier molecular flexibility index (Phi) is 5.95. The zero-order valence-electron chi connectivity index (χ0n) is 11.9. The van der Waals surface area contributed by atoms with E-state index < -0.39 is 0 Å². The van der Waals surface area contributed by atoms with Crippen LogP contribution in [0.4, 0.5) is 5.13 Å². The first kappa shape index (κ1) is 15.6. The third-order valence-corrected chi connectivity index (χ3v) is 3.71. The van der Waals surface area contributed by atoms with Gasteiger partial charge in [0.25, 0.3) is 0 Å². The summed E-state index contributed by atoms with van der Waals surface area (Å²) >= 11 is 1.50. The summed E-state index contributed by atoms with van der Waals surface area (Å²) in [5, 5.41) is 11.9. The zero-order valence-corrected chi connectivity index (χ0v) is 12.7. The predicted octanol–water partition coefficient (Wildman–Crippen LogP) is 3.65. The molecule has 5 nitrogen and oxygen atoms in total. The van der Waals surface area contributed by atoms with Gasteiger partial charge in [-0.2, -0.15) is 0 Å². The van der Waals surface area contributed by atoms with Gasteiger partial charge in [-0.15, -0.1) is 0 Å². The second kappa shape index (κ2) is 7.23. The van der Waals surface area contributed by atoms with Crippen molar-refractivity contribution >= 4 is 22.5 Å². The number of hydrogen-bond donors (Lipinski definition) is 0. The van der Waals surface area contributed by atoms with Crippen molar-refractivity contribution in [3.05, 3.63) is 26.9 Å². The van der Waals surface area contributed by atoms with E-state index in [9.17, 15) is 10.1 Å². The summed E-state index contributed by atoms with van der Waals surface area (Å²) in [5.41, 5.74) is 0.254. The highest BCUT2D eigenvalue weighted by Crippen LogP contribution is 2.25. The zero-order chi connectivity index (χ0) is 14.4. The molecule has 1 rings (SSSR count). The highest BCUT2D eigenvalue weighted by atomic mass is 32.1. The first-order valence-electron chi connectivity index (χ1n) is 6.53. The minimum absolute atomic E-state index is 0.254. The van der Waals surface area contributed by atoms with Crippen molar-refractivity contribution in [1.82, 2.24) is 4.98 Å². The van der Waals surface area contributed by atoms with E-state index in [1.54, 1.807) is 12.3 Å². The summed E-state index contributed by atoms with van der Waals surface area (Å²) in [6, 6.07) is 0. The van der Waals surface area contributed by atoms with E-state index >= 15 is 0 Å². The number of nitrogens with zero attached hydrogens (tertiary/aromatic N) is 3. The smallest absolute Gasteiger partial charge is 0.247 e. The van der Waals surface area contributed by atoms with Crippen LogP contribution in [0.2, 0.25) is 0 Å². The molecule has 0 spiro atoms. The van der Waals surface area contributed by atoms with Crippen LogP contribution in [0, 0.1) is 16.0 Å². The second-order valence-electron chi connectivity index (χ2n) is 4.71. The molecule has 0 amide bonds. The fourth-order valence-electron chi connectivity index (χ4n) is 1.75. The first-order chi connectivity index (χ1) is 8.97. The Morgan fingerprint density at radius 1 is 1.53 bits per heavy atom. The van der Waals surface area contributed by atoms with Gasteiger partial charge < -0.3 is 4.90 Å². The largest absolute Gasteiger partial charge is 0.349 e. The number of hydrogen-bond acceptors (Lipinski definition) is 5. The Hall–Kier alpha value is -1.43. The average molecular weight is 283 g/mol. The minimum atomic E-state index is -0.295. The molecule has 0 aromatic carbocycles. The number of anilines is 1. The third kappa shape index (κ3) is 4.63. The van der Waals surface area contributed by atoms with Crippen LogP contribution in [-0.4, -0.2) is 23.0 Å². The van der Waals surface area contributed by atoms with Crippen LogP contribution in [0.5, 0.6) is 0 Å². The molecule has 1 aromatic heterocycles. The Balaban J connectivity index is 2.93. The van der Waals surface area contributed by atoms with E-state index in [4.69, 9.17) is 0 Å². The lowest BCUT2D eigenvalue weighted by molar-refractivity contribution is -0.427. The van der Waals surface area contributed by atoms with E-state index in [-0.39, 0.29) is 16.5 Å².